The van der Waals surface area contributed by atoms with Crippen LogP contribution in [0.3, 0.4) is 0 Å². The van der Waals surface area contributed by atoms with Crippen molar-refractivity contribution in [1.29, 1.82) is 0 Å². The van der Waals surface area contributed by atoms with E-state index in [1.165, 1.54) is 11.1 Å². The van der Waals surface area contributed by atoms with Crippen molar-refractivity contribution in [3.63, 3.8) is 0 Å². The number of fused-ring (bicyclic) bond motifs is 2. The van der Waals surface area contributed by atoms with Gasteiger partial charge in [-0.25, -0.2) is 4.68 Å². The molecule has 1 N–H and O–H groups in total. The topological polar surface area (TPSA) is 98.2 Å². The number of benzene rings is 2. The second kappa shape index (κ2) is 9.24. The van der Waals surface area contributed by atoms with Gasteiger partial charge >= 0.3 is 0 Å². The standard InChI is InChI=1S/C26H28N6O3/c1-34-20-9-8-18-13-22(26(33)27-23(18)14-20)24(31-11-10-17-5-2-3-6-19(17)15-31)25-28-29-30-32(25)16-21-7-4-12-35-21/h2-3,5-6,8-9,13-14,21,24H,4,7,10-12,15-16H2,1H3,(H,27,33)/t21-,24+/m1/s1. The molecule has 0 aliphatic carbocycles. The summed E-state index contributed by atoms with van der Waals surface area (Å²) < 4.78 is 13.0. The highest BCUT2D eigenvalue weighted by Gasteiger charge is 2.33. The maximum Gasteiger partial charge on any atom is 0.253 e. The Kier molecular flexibility index (Phi) is 5.79. The number of nitrogens with zero attached hydrogens (tertiary/aromatic N) is 5. The number of nitrogens with one attached hydrogen (secondary N) is 1. The minimum absolute atomic E-state index is 0.0855. The van der Waals surface area contributed by atoms with E-state index in [0.29, 0.717) is 30.2 Å². The highest BCUT2D eigenvalue weighted by atomic mass is 16.5. The summed E-state index contributed by atoms with van der Waals surface area (Å²) in [6.07, 6.45) is 3.02. The van der Waals surface area contributed by atoms with Crippen LogP contribution in [0.5, 0.6) is 5.75 Å². The third kappa shape index (κ3) is 4.21. The number of hydrogen-bond acceptors (Lipinski definition) is 7. The van der Waals surface area contributed by atoms with Gasteiger partial charge in [0, 0.05) is 31.3 Å². The molecular weight excluding hydrogens is 444 g/mol. The monoisotopic (exact) mass is 472 g/mol. The van der Waals surface area contributed by atoms with Gasteiger partial charge in [-0.15, -0.1) is 5.10 Å². The minimum Gasteiger partial charge on any atom is -0.497 e. The first-order valence-electron chi connectivity index (χ1n) is 12.1. The van der Waals surface area contributed by atoms with E-state index in [9.17, 15) is 4.79 Å². The first-order chi connectivity index (χ1) is 17.2. The summed E-state index contributed by atoms with van der Waals surface area (Å²) in [6, 6.07) is 15.8. The molecule has 180 valence electrons. The van der Waals surface area contributed by atoms with Gasteiger partial charge in [-0.3, -0.25) is 9.69 Å². The first kappa shape index (κ1) is 21.9. The Morgan fingerprint density at radius 1 is 1.20 bits per heavy atom. The number of methoxy groups -OCH3 is 1. The predicted octanol–water partition coefficient (Wildman–Crippen LogP) is 2.85. The van der Waals surface area contributed by atoms with E-state index in [2.05, 4.69) is 49.7 Å². The Balaban J connectivity index is 1.45. The third-order valence-electron chi connectivity index (χ3n) is 7.11. The molecule has 4 aromatic rings. The number of aromatic nitrogens is 5. The smallest absolute Gasteiger partial charge is 0.253 e. The van der Waals surface area contributed by atoms with Gasteiger partial charge in [0.2, 0.25) is 0 Å². The molecule has 0 unspecified atom stereocenters. The van der Waals surface area contributed by atoms with Crippen molar-refractivity contribution >= 4 is 10.9 Å². The maximum absolute atomic E-state index is 13.5. The fraction of sp³-hybridized carbons (Fsp3) is 0.385. The minimum atomic E-state index is -0.394. The molecule has 2 aliphatic rings. The fourth-order valence-corrected chi connectivity index (χ4v) is 5.28. The molecule has 1 fully saturated rings. The van der Waals surface area contributed by atoms with Crippen LogP contribution in [0.15, 0.2) is 53.3 Å². The van der Waals surface area contributed by atoms with E-state index in [-0.39, 0.29) is 11.7 Å². The number of hydrogen-bond donors (Lipinski definition) is 1. The van der Waals surface area contributed by atoms with E-state index in [1.807, 2.05) is 28.9 Å². The molecule has 9 nitrogen and oxygen atoms in total. The zero-order chi connectivity index (χ0) is 23.8. The Morgan fingerprint density at radius 3 is 2.91 bits per heavy atom. The van der Waals surface area contributed by atoms with Crippen molar-refractivity contribution in [3.05, 3.63) is 81.4 Å². The number of pyridine rings is 1. The summed E-state index contributed by atoms with van der Waals surface area (Å²) in [5.41, 5.74) is 3.83. The molecule has 0 amide bonds. The molecule has 2 aromatic heterocycles. The number of rotatable bonds is 6. The summed E-state index contributed by atoms with van der Waals surface area (Å²) in [7, 11) is 1.62. The van der Waals surface area contributed by atoms with E-state index >= 15 is 0 Å². The molecule has 1 saturated heterocycles. The summed E-state index contributed by atoms with van der Waals surface area (Å²) in [5.74, 6) is 1.36. The number of ether oxygens (including phenoxy) is 2. The molecule has 2 aliphatic heterocycles. The maximum atomic E-state index is 13.5. The van der Waals surface area contributed by atoms with Gasteiger partial charge in [0.1, 0.15) is 11.8 Å². The van der Waals surface area contributed by atoms with Gasteiger partial charge in [0.25, 0.3) is 5.56 Å². The second-order valence-electron chi connectivity index (χ2n) is 9.25. The van der Waals surface area contributed by atoms with Crippen LogP contribution in [0.4, 0.5) is 0 Å². The predicted molar refractivity (Wildman–Crippen MR) is 130 cm³/mol. The van der Waals surface area contributed by atoms with E-state index in [0.717, 1.165) is 43.3 Å². The Labute approximate surface area is 202 Å². The Hall–Kier alpha value is -3.56. The van der Waals surface area contributed by atoms with Crippen LogP contribution in [0.2, 0.25) is 0 Å². The molecule has 2 aromatic carbocycles. The van der Waals surface area contributed by atoms with Crippen LogP contribution in [-0.4, -0.2) is 56.5 Å². The van der Waals surface area contributed by atoms with Gasteiger partial charge < -0.3 is 14.5 Å². The van der Waals surface area contributed by atoms with Crippen molar-refractivity contribution in [2.45, 2.75) is 44.5 Å². The van der Waals surface area contributed by atoms with Crippen LogP contribution in [0.1, 0.15) is 41.4 Å². The molecular formula is C26H28N6O3. The fourth-order valence-electron chi connectivity index (χ4n) is 5.28. The zero-order valence-corrected chi connectivity index (χ0v) is 19.7. The van der Waals surface area contributed by atoms with E-state index in [1.54, 1.807) is 7.11 Å². The second-order valence-corrected chi connectivity index (χ2v) is 9.25. The lowest BCUT2D eigenvalue weighted by molar-refractivity contribution is 0.0904. The molecule has 0 saturated carbocycles. The van der Waals surface area contributed by atoms with Crippen molar-refractivity contribution in [1.82, 2.24) is 30.1 Å². The summed E-state index contributed by atoms with van der Waals surface area (Å²) in [4.78, 5) is 18.9. The molecule has 0 radical (unpaired) electrons. The van der Waals surface area contributed by atoms with Gasteiger partial charge in [-0.1, -0.05) is 24.3 Å². The van der Waals surface area contributed by atoms with E-state index < -0.39 is 6.04 Å². The largest absolute Gasteiger partial charge is 0.497 e. The summed E-state index contributed by atoms with van der Waals surface area (Å²) in [6.45, 7) is 2.86. The molecule has 2 atom stereocenters. The van der Waals surface area contributed by atoms with Gasteiger partial charge in [-0.2, -0.15) is 0 Å². The molecule has 0 bridgehead atoms. The van der Waals surface area contributed by atoms with Gasteiger partial charge in [0.15, 0.2) is 5.82 Å². The normalized spacial score (nSPS) is 19.1. The highest BCUT2D eigenvalue weighted by Crippen LogP contribution is 2.32. The van der Waals surface area contributed by atoms with Crippen LogP contribution in [0.25, 0.3) is 10.9 Å². The quantitative estimate of drug-likeness (QED) is 0.461. The van der Waals surface area contributed by atoms with Gasteiger partial charge in [0.05, 0.1) is 25.3 Å². The van der Waals surface area contributed by atoms with Crippen molar-refractivity contribution in [2.24, 2.45) is 0 Å². The number of H-pyrrole nitrogens is 1. The zero-order valence-electron chi connectivity index (χ0n) is 19.7. The number of tetrazole rings is 1. The van der Waals surface area contributed by atoms with Gasteiger partial charge in [-0.05, 0) is 64.4 Å². The highest BCUT2D eigenvalue weighted by molar-refractivity contribution is 5.80. The first-order valence-corrected chi connectivity index (χ1v) is 12.1. The lowest BCUT2D eigenvalue weighted by atomic mass is 9.96. The van der Waals surface area contributed by atoms with Crippen LogP contribution >= 0.6 is 0 Å². The van der Waals surface area contributed by atoms with Crippen molar-refractivity contribution in [2.75, 3.05) is 20.3 Å². The Morgan fingerprint density at radius 2 is 2.09 bits per heavy atom. The molecule has 35 heavy (non-hydrogen) atoms. The molecule has 0 spiro atoms. The third-order valence-corrected chi connectivity index (χ3v) is 7.11. The lowest BCUT2D eigenvalue weighted by Gasteiger charge is -2.35. The average Bonchev–Trinajstić information content (AvgIpc) is 3.57. The van der Waals surface area contributed by atoms with Crippen LogP contribution in [0, 0.1) is 0 Å². The average molecular weight is 473 g/mol. The molecule has 9 heteroatoms. The molecule has 6 rings (SSSR count). The van der Waals surface area contributed by atoms with Crippen molar-refractivity contribution < 1.29 is 9.47 Å². The summed E-state index contributed by atoms with van der Waals surface area (Å²) >= 11 is 0. The lowest BCUT2D eigenvalue weighted by Crippen LogP contribution is -2.39. The number of aromatic amines is 1. The van der Waals surface area contributed by atoms with Crippen LogP contribution in [-0.2, 0) is 24.2 Å². The summed E-state index contributed by atoms with van der Waals surface area (Å²) in [5, 5.41) is 13.7. The van der Waals surface area contributed by atoms with Crippen molar-refractivity contribution in [3.8, 4) is 5.75 Å². The molecule has 4 heterocycles. The SMILES string of the molecule is COc1ccc2cc([C@@H](c3nnnn3C[C@H]3CCCO3)N3CCc4ccccc4C3)c(=O)[nH]c2c1. The van der Waals surface area contributed by atoms with E-state index in [4.69, 9.17) is 9.47 Å². The Bertz CT molecular complexity index is 1410. The van der Waals surface area contributed by atoms with Crippen LogP contribution < -0.4 is 10.3 Å².